The molecule has 5 fully saturated rings. The van der Waals surface area contributed by atoms with Crippen molar-refractivity contribution in [2.75, 3.05) is 12.3 Å². The molecule has 48 heavy (non-hydrogen) atoms. The molecule has 1 unspecified atom stereocenters. The standard InChI is InChI=1S/C39H51N3O6/c1-4-8-34(45)46-22-32(44)39-33(47-36(48-39)23-9-6-5-7-10-23)18-29-28-16-11-25-17-30-24(21-42(41-30)27-14-12-26(40)13-15-27)19-37(25,2)35(28)31(43)20-38(29,39)3/h12-15,17,21,23,28-29,31,33,35-36,43H,4-11,16,18-20,22,40H2,1-3H3/t28-,29-,31-,33+,35+,36?,37-,38-,39+/m0/s1. The molecule has 258 valence electrons. The van der Waals surface area contributed by atoms with Crippen LogP contribution in [-0.2, 0) is 30.2 Å². The molecule has 6 aliphatic rings. The third-order valence-electron chi connectivity index (χ3n) is 13.5. The highest BCUT2D eigenvalue weighted by Crippen LogP contribution is 2.70. The van der Waals surface area contributed by atoms with Gasteiger partial charge in [-0.3, -0.25) is 9.59 Å². The van der Waals surface area contributed by atoms with Gasteiger partial charge >= 0.3 is 5.97 Å². The van der Waals surface area contributed by atoms with E-state index in [4.69, 9.17) is 25.0 Å². The van der Waals surface area contributed by atoms with Crippen LogP contribution < -0.4 is 5.73 Å². The summed E-state index contributed by atoms with van der Waals surface area (Å²) in [4.78, 5) is 26.9. The smallest absolute Gasteiger partial charge is 0.306 e. The number of ether oxygens (including phenoxy) is 3. The van der Waals surface area contributed by atoms with E-state index < -0.39 is 29.5 Å². The summed E-state index contributed by atoms with van der Waals surface area (Å²) >= 11 is 0. The van der Waals surface area contributed by atoms with E-state index in [0.717, 1.165) is 68.4 Å². The van der Waals surface area contributed by atoms with E-state index in [1.807, 2.05) is 35.9 Å². The van der Waals surface area contributed by atoms with E-state index in [1.165, 1.54) is 17.6 Å². The van der Waals surface area contributed by atoms with E-state index >= 15 is 0 Å². The number of allylic oxidation sites excluding steroid dienone is 1. The predicted octanol–water partition coefficient (Wildman–Crippen LogP) is 6.19. The summed E-state index contributed by atoms with van der Waals surface area (Å²) in [7, 11) is 0. The summed E-state index contributed by atoms with van der Waals surface area (Å²) in [6.45, 7) is 6.11. The number of anilines is 1. The first-order valence-corrected chi connectivity index (χ1v) is 18.4. The zero-order valence-electron chi connectivity index (χ0n) is 28.7. The van der Waals surface area contributed by atoms with Gasteiger partial charge in [0.05, 0.1) is 23.6 Å². The largest absolute Gasteiger partial charge is 0.458 e. The van der Waals surface area contributed by atoms with Gasteiger partial charge in [0, 0.05) is 29.6 Å². The minimum atomic E-state index is -1.24. The maximum Gasteiger partial charge on any atom is 0.306 e. The summed E-state index contributed by atoms with van der Waals surface area (Å²) in [6.07, 6.45) is 13.3. The van der Waals surface area contributed by atoms with Crippen molar-refractivity contribution < 1.29 is 28.9 Å². The molecule has 3 N–H and O–H groups in total. The SMILES string of the molecule is CCCC(=O)OCC(=O)[C@@]12OC(C3CCCCC3)O[C@@H]1C[C@H]1[C@@H]3CCC4=Cc5nn(-c6ccc(N)cc6)cc5C[C@]4(C)[C@H]3[C@@H](O)C[C@@]12C. The zero-order valence-corrected chi connectivity index (χ0v) is 28.7. The Kier molecular flexibility index (Phi) is 7.92. The molecule has 1 aliphatic heterocycles. The topological polar surface area (TPSA) is 126 Å². The number of benzene rings is 1. The molecule has 9 heteroatoms. The van der Waals surface area contributed by atoms with Gasteiger partial charge in [0.1, 0.15) is 0 Å². The van der Waals surface area contributed by atoms with E-state index in [-0.39, 0.29) is 53.9 Å². The number of Topliss-reactive ketones (excluding diaryl/α,β-unsaturated/α-hetero) is 1. The number of aliphatic hydroxyl groups is 1. The summed E-state index contributed by atoms with van der Waals surface area (Å²) in [5.41, 5.74) is 9.05. The first-order chi connectivity index (χ1) is 23.1. The Labute approximate surface area is 283 Å². The number of rotatable bonds is 7. The molecular weight excluding hydrogens is 606 g/mol. The van der Waals surface area contributed by atoms with E-state index in [1.54, 1.807) is 0 Å². The molecule has 0 amide bonds. The van der Waals surface area contributed by atoms with Crippen molar-refractivity contribution in [2.45, 2.75) is 122 Å². The molecule has 2 heterocycles. The molecule has 5 aliphatic carbocycles. The van der Waals surface area contributed by atoms with Crippen LogP contribution in [0.25, 0.3) is 11.8 Å². The first-order valence-electron chi connectivity index (χ1n) is 18.4. The molecule has 9 nitrogen and oxygen atoms in total. The number of carbonyl (C=O) groups is 2. The minimum absolute atomic E-state index is 0.0334. The van der Waals surface area contributed by atoms with E-state index in [9.17, 15) is 14.7 Å². The van der Waals surface area contributed by atoms with E-state index in [0.29, 0.717) is 12.8 Å². The van der Waals surface area contributed by atoms with Gasteiger partial charge in [-0.1, -0.05) is 45.6 Å². The van der Waals surface area contributed by atoms with E-state index in [2.05, 4.69) is 26.1 Å². The molecule has 1 aromatic carbocycles. The number of aliphatic hydroxyl groups excluding tert-OH is 1. The molecule has 4 saturated carbocycles. The van der Waals surface area contributed by atoms with Gasteiger partial charge in [0.2, 0.25) is 5.78 Å². The van der Waals surface area contributed by atoms with Gasteiger partial charge in [-0.05, 0) is 110 Å². The number of aromatic nitrogens is 2. The molecule has 9 atom stereocenters. The second kappa shape index (κ2) is 11.8. The Morgan fingerprint density at radius 2 is 1.90 bits per heavy atom. The van der Waals surface area contributed by atoms with Crippen molar-refractivity contribution in [3.8, 4) is 5.69 Å². The highest BCUT2D eigenvalue weighted by atomic mass is 16.7. The molecule has 2 aromatic rings. The van der Waals surface area contributed by atoms with Crippen molar-refractivity contribution in [1.82, 2.24) is 9.78 Å². The van der Waals surface area contributed by atoms with Crippen molar-refractivity contribution in [3.05, 3.63) is 47.3 Å². The predicted molar refractivity (Wildman–Crippen MR) is 181 cm³/mol. The lowest BCUT2D eigenvalue weighted by Gasteiger charge is -2.60. The number of hydrogen-bond acceptors (Lipinski definition) is 8. The Hall–Kier alpha value is -3.01. The normalized spacial score (nSPS) is 38.6. The maximum absolute atomic E-state index is 14.5. The number of fused-ring (bicyclic) bond motifs is 8. The van der Waals surface area contributed by atoms with Crippen LogP contribution in [0.4, 0.5) is 5.69 Å². The summed E-state index contributed by atoms with van der Waals surface area (Å²) in [5, 5.41) is 17.3. The van der Waals surface area contributed by atoms with Crippen LogP contribution in [0, 0.1) is 34.5 Å². The van der Waals surface area contributed by atoms with Crippen LogP contribution >= 0.6 is 0 Å². The molecule has 0 spiro atoms. The highest BCUT2D eigenvalue weighted by Gasteiger charge is 2.76. The number of hydrogen-bond donors (Lipinski definition) is 2. The minimum Gasteiger partial charge on any atom is -0.458 e. The fourth-order valence-electron chi connectivity index (χ4n) is 11.4. The Morgan fingerprint density at radius 3 is 2.65 bits per heavy atom. The molecule has 0 radical (unpaired) electrons. The highest BCUT2D eigenvalue weighted by molar-refractivity contribution is 5.92. The second-order valence-electron chi connectivity index (χ2n) is 16.2. The van der Waals surface area contributed by atoms with Gasteiger partial charge in [-0.2, -0.15) is 5.10 Å². The van der Waals surface area contributed by atoms with Crippen LogP contribution in [0.5, 0.6) is 0 Å². The quantitative estimate of drug-likeness (QED) is 0.267. The van der Waals surface area contributed by atoms with Crippen LogP contribution in [0.3, 0.4) is 0 Å². The third kappa shape index (κ3) is 4.78. The number of ketones is 1. The fraction of sp³-hybridized carbons (Fsp3) is 0.667. The molecule has 1 saturated heterocycles. The Bertz CT molecular complexity index is 1610. The lowest BCUT2D eigenvalue weighted by Crippen LogP contribution is -2.64. The van der Waals surface area contributed by atoms with Gasteiger partial charge in [0.25, 0.3) is 0 Å². The van der Waals surface area contributed by atoms with Crippen molar-refractivity contribution >= 4 is 23.5 Å². The zero-order chi connectivity index (χ0) is 33.4. The maximum atomic E-state index is 14.5. The second-order valence-corrected chi connectivity index (χ2v) is 16.2. The van der Waals surface area contributed by atoms with Crippen LogP contribution in [0.1, 0.15) is 103 Å². The average molecular weight is 658 g/mol. The molecule has 1 aromatic heterocycles. The summed E-state index contributed by atoms with van der Waals surface area (Å²) in [6, 6.07) is 7.76. The van der Waals surface area contributed by atoms with Crippen molar-refractivity contribution in [3.63, 3.8) is 0 Å². The third-order valence-corrected chi connectivity index (χ3v) is 13.5. The molecule has 8 rings (SSSR count). The summed E-state index contributed by atoms with van der Waals surface area (Å²) in [5.74, 6) is 0.0633. The molecule has 0 bridgehead atoms. The van der Waals surface area contributed by atoms with Gasteiger partial charge in [0.15, 0.2) is 18.5 Å². The number of carbonyl (C=O) groups excluding carboxylic acids is 2. The van der Waals surface area contributed by atoms with Gasteiger partial charge < -0.3 is 25.1 Å². The molecular formula is C39H51N3O6. The monoisotopic (exact) mass is 657 g/mol. The van der Waals surface area contributed by atoms with Gasteiger partial charge in [-0.15, -0.1) is 0 Å². The van der Waals surface area contributed by atoms with Gasteiger partial charge in [-0.25, -0.2) is 4.68 Å². The Balaban J connectivity index is 1.10. The van der Waals surface area contributed by atoms with Crippen LogP contribution in [0.15, 0.2) is 36.0 Å². The lowest BCUT2D eigenvalue weighted by molar-refractivity contribution is -0.212. The Morgan fingerprint density at radius 1 is 1.12 bits per heavy atom. The average Bonchev–Trinajstić information content (AvgIpc) is 3.73. The number of nitrogen functional groups attached to an aromatic ring is 1. The first kappa shape index (κ1) is 32.2. The summed E-state index contributed by atoms with van der Waals surface area (Å²) < 4.78 is 21.3. The fourth-order valence-corrected chi connectivity index (χ4v) is 11.4. The number of esters is 1. The number of nitrogens with zero attached hydrogens (tertiary/aromatic N) is 2. The lowest BCUT2D eigenvalue weighted by atomic mass is 9.45. The van der Waals surface area contributed by atoms with Crippen molar-refractivity contribution in [2.24, 2.45) is 34.5 Å². The van der Waals surface area contributed by atoms with Crippen LogP contribution in [0.2, 0.25) is 0 Å². The van der Waals surface area contributed by atoms with Crippen molar-refractivity contribution in [1.29, 1.82) is 0 Å². The van der Waals surface area contributed by atoms with Crippen LogP contribution in [-0.4, -0.2) is 57.3 Å². The number of nitrogens with two attached hydrogens (primary N) is 1.